The minimum Gasteiger partial charge on any atom is -0.493 e. The second kappa shape index (κ2) is 3.25. The molecule has 0 aliphatic heterocycles. The minimum absolute atomic E-state index is 0.202. The largest absolute Gasteiger partial charge is 0.493 e. The molecular weight excluding hydrogens is 158 g/mol. The van der Waals surface area contributed by atoms with Crippen molar-refractivity contribution in [3.05, 3.63) is 11.9 Å². The lowest BCUT2D eigenvalue weighted by atomic mass is 10.4. The molecule has 0 bridgehead atoms. The second-order valence-corrected chi connectivity index (χ2v) is 2.26. The van der Waals surface area contributed by atoms with E-state index in [1.165, 1.54) is 18.0 Å². The van der Waals surface area contributed by atoms with E-state index in [9.17, 15) is 4.79 Å². The number of amides is 1. The van der Waals surface area contributed by atoms with Gasteiger partial charge in [-0.3, -0.25) is 9.48 Å². The van der Waals surface area contributed by atoms with E-state index in [-0.39, 0.29) is 5.91 Å². The lowest BCUT2D eigenvalue weighted by Gasteiger charge is -2.02. The van der Waals surface area contributed by atoms with Gasteiger partial charge in [-0.15, -0.1) is 0 Å². The highest BCUT2D eigenvalue weighted by molar-refractivity contribution is 5.94. The predicted octanol–water partition coefficient (Wildman–Crippen LogP) is -0.212. The number of rotatable bonds is 2. The SMILES string of the molecule is CNC(=O)c1c(OC)cnn1C. The molecule has 0 aromatic carbocycles. The normalized spacial score (nSPS) is 9.58. The summed E-state index contributed by atoms with van der Waals surface area (Å²) in [5.41, 5.74) is 0.431. The molecule has 0 saturated carbocycles. The summed E-state index contributed by atoms with van der Waals surface area (Å²) in [5, 5.41) is 6.39. The second-order valence-electron chi connectivity index (χ2n) is 2.26. The number of carbonyl (C=O) groups is 1. The Kier molecular flexibility index (Phi) is 2.32. The van der Waals surface area contributed by atoms with Gasteiger partial charge in [0.15, 0.2) is 11.4 Å². The highest BCUT2D eigenvalue weighted by Crippen LogP contribution is 2.15. The zero-order chi connectivity index (χ0) is 9.14. The first-order valence-corrected chi connectivity index (χ1v) is 3.48. The van der Waals surface area contributed by atoms with Crippen LogP contribution in [-0.2, 0) is 7.05 Å². The zero-order valence-electron chi connectivity index (χ0n) is 7.29. The van der Waals surface area contributed by atoms with E-state index in [0.717, 1.165) is 0 Å². The first kappa shape index (κ1) is 8.58. The van der Waals surface area contributed by atoms with Gasteiger partial charge >= 0.3 is 0 Å². The molecule has 0 spiro atoms. The Balaban J connectivity index is 3.10. The third kappa shape index (κ3) is 1.25. The van der Waals surface area contributed by atoms with Gasteiger partial charge in [0.1, 0.15) is 0 Å². The lowest BCUT2D eigenvalue weighted by Crippen LogP contribution is -2.21. The molecule has 0 aliphatic rings. The molecule has 0 saturated heterocycles. The van der Waals surface area contributed by atoms with Crippen molar-refractivity contribution in [2.24, 2.45) is 7.05 Å². The third-order valence-corrected chi connectivity index (χ3v) is 1.57. The quantitative estimate of drug-likeness (QED) is 0.666. The van der Waals surface area contributed by atoms with Crippen molar-refractivity contribution in [2.75, 3.05) is 14.2 Å². The van der Waals surface area contributed by atoms with E-state index in [1.54, 1.807) is 14.1 Å². The van der Waals surface area contributed by atoms with E-state index in [1.807, 2.05) is 0 Å². The molecule has 1 heterocycles. The molecular formula is C7H11N3O2. The molecule has 5 heteroatoms. The van der Waals surface area contributed by atoms with Gasteiger partial charge < -0.3 is 10.1 Å². The van der Waals surface area contributed by atoms with Gasteiger partial charge in [0.05, 0.1) is 13.3 Å². The molecule has 1 aromatic heterocycles. The average molecular weight is 169 g/mol. The van der Waals surface area contributed by atoms with Crippen molar-refractivity contribution in [3.63, 3.8) is 0 Å². The Hall–Kier alpha value is -1.52. The van der Waals surface area contributed by atoms with E-state index in [4.69, 9.17) is 4.74 Å². The third-order valence-electron chi connectivity index (χ3n) is 1.57. The number of methoxy groups -OCH3 is 1. The Labute approximate surface area is 70.3 Å². The summed E-state index contributed by atoms with van der Waals surface area (Å²) in [7, 11) is 4.76. The highest BCUT2D eigenvalue weighted by Gasteiger charge is 2.15. The van der Waals surface area contributed by atoms with Crippen LogP contribution >= 0.6 is 0 Å². The lowest BCUT2D eigenvalue weighted by molar-refractivity contribution is 0.0950. The van der Waals surface area contributed by atoms with Crippen LogP contribution in [0.25, 0.3) is 0 Å². The highest BCUT2D eigenvalue weighted by atomic mass is 16.5. The average Bonchev–Trinajstić information content (AvgIpc) is 2.45. The van der Waals surface area contributed by atoms with Crippen LogP contribution in [0.3, 0.4) is 0 Å². The molecule has 0 fully saturated rings. The number of aromatic nitrogens is 2. The maximum Gasteiger partial charge on any atom is 0.273 e. The molecule has 0 unspecified atom stereocenters. The number of nitrogens with zero attached hydrogens (tertiary/aromatic N) is 2. The standard InChI is InChI=1S/C7H11N3O2/c1-8-7(11)6-5(12-3)4-9-10(6)2/h4H,1-3H3,(H,8,11). The van der Waals surface area contributed by atoms with Gasteiger partial charge in [0, 0.05) is 14.1 Å². The topological polar surface area (TPSA) is 56.1 Å². The van der Waals surface area contributed by atoms with E-state index in [2.05, 4.69) is 10.4 Å². The van der Waals surface area contributed by atoms with Gasteiger partial charge in [0.25, 0.3) is 5.91 Å². The molecule has 1 aromatic rings. The Morgan fingerprint density at radius 2 is 2.42 bits per heavy atom. The molecule has 0 radical (unpaired) electrons. The van der Waals surface area contributed by atoms with Gasteiger partial charge in [-0.1, -0.05) is 0 Å². The molecule has 0 aliphatic carbocycles. The molecule has 66 valence electrons. The van der Waals surface area contributed by atoms with Crippen LogP contribution in [0.5, 0.6) is 5.75 Å². The molecule has 0 atom stereocenters. The first-order valence-electron chi connectivity index (χ1n) is 3.48. The Bertz CT molecular complexity index is 293. The number of ether oxygens (including phenoxy) is 1. The number of hydrogen-bond acceptors (Lipinski definition) is 3. The van der Waals surface area contributed by atoms with Crippen molar-refractivity contribution in [2.45, 2.75) is 0 Å². The van der Waals surface area contributed by atoms with Crippen molar-refractivity contribution < 1.29 is 9.53 Å². The predicted molar refractivity (Wildman–Crippen MR) is 43.2 cm³/mol. The number of aryl methyl sites for hydroxylation is 1. The van der Waals surface area contributed by atoms with Crippen molar-refractivity contribution >= 4 is 5.91 Å². The van der Waals surface area contributed by atoms with Crippen LogP contribution in [0.4, 0.5) is 0 Å². The molecule has 1 N–H and O–H groups in total. The van der Waals surface area contributed by atoms with Gasteiger partial charge in [0.2, 0.25) is 0 Å². The van der Waals surface area contributed by atoms with Crippen LogP contribution < -0.4 is 10.1 Å². The van der Waals surface area contributed by atoms with Crippen molar-refractivity contribution in [3.8, 4) is 5.75 Å². The summed E-state index contributed by atoms with van der Waals surface area (Å²) in [5.74, 6) is 0.281. The van der Waals surface area contributed by atoms with Crippen molar-refractivity contribution in [1.82, 2.24) is 15.1 Å². The fraction of sp³-hybridized carbons (Fsp3) is 0.429. The molecule has 1 amide bonds. The fourth-order valence-electron chi connectivity index (χ4n) is 0.944. The summed E-state index contributed by atoms with van der Waals surface area (Å²) >= 11 is 0. The van der Waals surface area contributed by atoms with Crippen LogP contribution in [-0.4, -0.2) is 29.8 Å². The van der Waals surface area contributed by atoms with Gasteiger partial charge in [-0.05, 0) is 0 Å². The molecule has 12 heavy (non-hydrogen) atoms. The molecule has 5 nitrogen and oxygen atoms in total. The van der Waals surface area contributed by atoms with E-state index >= 15 is 0 Å². The van der Waals surface area contributed by atoms with E-state index < -0.39 is 0 Å². The summed E-state index contributed by atoms with van der Waals surface area (Å²) in [6.07, 6.45) is 1.50. The van der Waals surface area contributed by atoms with Crippen LogP contribution in [0.2, 0.25) is 0 Å². The van der Waals surface area contributed by atoms with Gasteiger partial charge in [-0.2, -0.15) is 5.10 Å². The van der Waals surface area contributed by atoms with E-state index in [0.29, 0.717) is 11.4 Å². The summed E-state index contributed by atoms with van der Waals surface area (Å²) in [6, 6.07) is 0. The first-order chi connectivity index (χ1) is 5.70. The number of hydrogen-bond donors (Lipinski definition) is 1. The minimum atomic E-state index is -0.202. The maximum absolute atomic E-state index is 11.2. The molecule has 1 rings (SSSR count). The Morgan fingerprint density at radius 1 is 1.75 bits per heavy atom. The van der Waals surface area contributed by atoms with Crippen LogP contribution in [0.15, 0.2) is 6.20 Å². The number of carbonyl (C=O) groups excluding carboxylic acids is 1. The Morgan fingerprint density at radius 3 is 2.92 bits per heavy atom. The summed E-state index contributed by atoms with van der Waals surface area (Å²) in [4.78, 5) is 11.2. The van der Waals surface area contributed by atoms with Gasteiger partial charge in [-0.25, -0.2) is 0 Å². The monoisotopic (exact) mass is 169 g/mol. The zero-order valence-corrected chi connectivity index (χ0v) is 7.29. The van der Waals surface area contributed by atoms with Crippen LogP contribution in [0.1, 0.15) is 10.5 Å². The fourth-order valence-corrected chi connectivity index (χ4v) is 0.944. The van der Waals surface area contributed by atoms with Crippen LogP contribution in [0, 0.1) is 0 Å². The van der Waals surface area contributed by atoms with Crippen molar-refractivity contribution in [1.29, 1.82) is 0 Å². The summed E-state index contributed by atoms with van der Waals surface area (Å²) < 4.78 is 6.41. The summed E-state index contributed by atoms with van der Waals surface area (Å²) in [6.45, 7) is 0. The smallest absolute Gasteiger partial charge is 0.273 e. The number of nitrogens with one attached hydrogen (secondary N) is 1. The maximum atomic E-state index is 11.2.